The molecule has 0 aliphatic heterocycles. The van der Waals surface area contributed by atoms with E-state index in [4.69, 9.17) is 5.73 Å². The van der Waals surface area contributed by atoms with Crippen LogP contribution in [0.2, 0.25) is 0 Å². The summed E-state index contributed by atoms with van der Waals surface area (Å²) < 4.78 is 1.72. The Balaban J connectivity index is 2.14. The number of aromatic nitrogens is 2. The average Bonchev–Trinajstić information content (AvgIpc) is 2.86. The highest BCUT2D eigenvalue weighted by molar-refractivity contribution is 5.90. The zero-order valence-corrected chi connectivity index (χ0v) is 11.4. The molecule has 0 aliphatic carbocycles. The smallest absolute Gasteiger partial charge is 0.372 e. The van der Waals surface area contributed by atoms with E-state index in [0.29, 0.717) is 18.6 Å². The minimum Gasteiger partial charge on any atom is -0.475 e. The molecule has 0 bridgehead atoms. The van der Waals surface area contributed by atoms with Crippen molar-refractivity contribution >= 4 is 17.0 Å². The number of imidazole rings is 1. The van der Waals surface area contributed by atoms with E-state index in [0.717, 1.165) is 16.6 Å². The Morgan fingerprint density at radius 1 is 1.14 bits per heavy atom. The number of carboxylic acid groups (broad SMARTS) is 1. The number of carbonyl (C=O) groups is 1. The monoisotopic (exact) mass is 281 g/mol. The molecule has 0 saturated heterocycles. The van der Waals surface area contributed by atoms with E-state index in [2.05, 4.69) is 4.98 Å². The van der Waals surface area contributed by atoms with E-state index < -0.39 is 5.97 Å². The van der Waals surface area contributed by atoms with Crippen LogP contribution in [-0.2, 0) is 13.1 Å². The Kier molecular flexibility index (Phi) is 3.41. The van der Waals surface area contributed by atoms with Crippen LogP contribution >= 0.6 is 0 Å². The van der Waals surface area contributed by atoms with E-state index in [9.17, 15) is 9.90 Å². The fourth-order valence-corrected chi connectivity index (χ4v) is 2.39. The molecule has 5 nitrogen and oxygen atoms in total. The molecule has 2 aromatic carbocycles. The summed E-state index contributed by atoms with van der Waals surface area (Å²) in [4.78, 5) is 15.7. The summed E-state index contributed by atoms with van der Waals surface area (Å²) in [6.45, 7) is 0.880. The van der Waals surface area contributed by atoms with Crippen LogP contribution in [-0.4, -0.2) is 20.6 Å². The molecule has 0 radical (unpaired) electrons. The molecule has 0 fully saturated rings. The summed E-state index contributed by atoms with van der Waals surface area (Å²) in [5.41, 5.74) is 9.04. The summed E-state index contributed by atoms with van der Waals surface area (Å²) >= 11 is 0. The summed E-state index contributed by atoms with van der Waals surface area (Å²) in [5.74, 6) is -0.987. The lowest BCUT2D eigenvalue weighted by Crippen LogP contribution is -2.10. The molecule has 0 aliphatic rings. The maximum absolute atomic E-state index is 11.4. The van der Waals surface area contributed by atoms with Crippen molar-refractivity contribution in [1.82, 2.24) is 9.55 Å². The van der Waals surface area contributed by atoms with Gasteiger partial charge in [-0.3, -0.25) is 0 Å². The van der Waals surface area contributed by atoms with Gasteiger partial charge in [0.1, 0.15) is 0 Å². The van der Waals surface area contributed by atoms with Gasteiger partial charge in [-0.25, -0.2) is 9.78 Å². The van der Waals surface area contributed by atoms with Crippen LogP contribution in [0.5, 0.6) is 0 Å². The van der Waals surface area contributed by atoms with Gasteiger partial charge in [0, 0.05) is 13.1 Å². The van der Waals surface area contributed by atoms with Gasteiger partial charge in [0.15, 0.2) is 0 Å². The lowest BCUT2D eigenvalue weighted by Gasteiger charge is -2.07. The van der Waals surface area contributed by atoms with Gasteiger partial charge in [-0.1, -0.05) is 36.4 Å². The first kappa shape index (κ1) is 13.3. The fourth-order valence-electron chi connectivity index (χ4n) is 2.39. The molecular weight excluding hydrogens is 266 g/mol. The first-order valence-corrected chi connectivity index (χ1v) is 6.65. The summed E-state index contributed by atoms with van der Waals surface area (Å²) in [5, 5.41) is 9.36. The standard InChI is InChI=1S/C16H15N3O2/c17-9-12-6-7-14-13(8-12)18-15(16(20)21)19(14)10-11-4-2-1-3-5-11/h1-8H,9-10,17H2,(H,20,21). The quantitative estimate of drug-likeness (QED) is 0.768. The highest BCUT2D eigenvalue weighted by Crippen LogP contribution is 2.19. The zero-order chi connectivity index (χ0) is 14.8. The van der Waals surface area contributed by atoms with Gasteiger partial charge in [0.05, 0.1) is 11.0 Å². The Hall–Kier alpha value is -2.66. The predicted molar refractivity (Wildman–Crippen MR) is 80.1 cm³/mol. The second-order valence-electron chi connectivity index (χ2n) is 4.84. The molecule has 1 heterocycles. The normalized spacial score (nSPS) is 10.9. The van der Waals surface area contributed by atoms with Crippen molar-refractivity contribution in [3.63, 3.8) is 0 Å². The Morgan fingerprint density at radius 2 is 1.90 bits per heavy atom. The first-order chi connectivity index (χ1) is 10.2. The largest absolute Gasteiger partial charge is 0.475 e. The Labute approximate surface area is 121 Å². The van der Waals surface area contributed by atoms with Crippen molar-refractivity contribution in [1.29, 1.82) is 0 Å². The van der Waals surface area contributed by atoms with Crippen LogP contribution in [0.1, 0.15) is 21.7 Å². The molecule has 0 unspecified atom stereocenters. The van der Waals surface area contributed by atoms with Gasteiger partial charge in [-0.05, 0) is 23.3 Å². The van der Waals surface area contributed by atoms with Gasteiger partial charge in [0.2, 0.25) is 5.82 Å². The van der Waals surface area contributed by atoms with Crippen LogP contribution in [0.25, 0.3) is 11.0 Å². The van der Waals surface area contributed by atoms with Crippen LogP contribution in [0.4, 0.5) is 0 Å². The molecule has 5 heteroatoms. The number of nitrogens with two attached hydrogens (primary N) is 1. The van der Waals surface area contributed by atoms with Crippen molar-refractivity contribution in [2.24, 2.45) is 5.73 Å². The van der Waals surface area contributed by atoms with Crippen LogP contribution in [0, 0.1) is 0 Å². The van der Waals surface area contributed by atoms with Crippen LogP contribution in [0.3, 0.4) is 0 Å². The van der Waals surface area contributed by atoms with E-state index in [-0.39, 0.29) is 5.82 Å². The SMILES string of the molecule is NCc1ccc2c(c1)nc(C(=O)O)n2Cc1ccccc1. The number of benzene rings is 2. The average molecular weight is 281 g/mol. The number of nitrogens with zero attached hydrogens (tertiary/aromatic N) is 2. The van der Waals surface area contributed by atoms with Crippen LogP contribution in [0.15, 0.2) is 48.5 Å². The molecule has 106 valence electrons. The number of fused-ring (bicyclic) bond motifs is 1. The van der Waals surface area contributed by atoms with Gasteiger partial charge < -0.3 is 15.4 Å². The maximum Gasteiger partial charge on any atom is 0.372 e. The first-order valence-electron chi connectivity index (χ1n) is 6.65. The van der Waals surface area contributed by atoms with E-state index >= 15 is 0 Å². The number of hydrogen-bond donors (Lipinski definition) is 2. The topological polar surface area (TPSA) is 81.1 Å². The molecular formula is C16H15N3O2. The number of aromatic carboxylic acids is 1. The molecule has 3 aromatic rings. The number of rotatable bonds is 4. The molecule has 0 amide bonds. The Morgan fingerprint density at radius 3 is 2.57 bits per heavy atom. The summed E-state index contributed by atoms with van der Waals surface area (Å²) in [7, 11) is 0. The van der Waals surface area contributed by atoms with Crippen molar-refractivity contribution < 1.29 is 9.90 Å². The lowest BCUT2D eigenvalue weighted by atomic mass is 10.2. The molecule has 0 spiro atoms. The number of carboxylic acids is 1. The molecule has 3 N–H and O–H groups in total. The second kappa shape index (κ2) is 5.38. The molecule has 1 aromatic heterocycles. The van der Waals surface area contributed by atoms with Crippen molar-refractivity contribution in [3.05, 3.63) is 65.5 Å². The molecule has 21 heavy (non-hydrogen) atoms. The van der Waals surface area contributed by atoms with Gasteiger partial charge in [-0.15, -0.1) is 0 Å². The highest BCUT2D eigenvalue weighted by Gasteiger charge is 2.17. The van der Waals surface area contributed by atoms with E-state index in [1.807, 2.05) is 48.5 Å². The van der Waals surface area contributed by atoms with Gasteiger partial charge in [0.25, 0.3) is 0 Å². The summed E-state index contributed by atoms with van der Waals surface area (Å²) in [6.07, 6.45) is 0. The Bertz CT molecular complexity index is 794. The van der Waals surface area contributed by atoms with Gasteiger partial charge in [-0.2, -0.15) is 0 Å². The van der Waals surface area contributed by atoms with Crippen molar-refractivity contribution in [2.75, 3.05) is 0 Å². The van der Waals surface area contributed by atoms with Crippen molar-refractivity contribution in [3.8, 4) is 0 Å². The third kappa shape index (κ3) is 2.51. The third-order valence-corrected chi connectivity index (χ3v) is 3.42. The van der Waals surface area contributed by atoms with E-state index in [1.165, 1.54) is 0 Å². The minimum atomic E-state index is -1.03. The number of hydrogen-bond acceptors (Lipinski definition) is 3. The highest BCUT2D eigenvalue weighted by atomic mass is 16.4. The van der Waals surface area contributed by atoms with E-state index in [1.54, 1.807) is 4.57 Å². The van der Waals surface area contributed by atoms with Crippen LogP contribution < -0.4 is 5.73 Å². The van der Waals surface area contributed by atoms with Crippen molar-refractivity contribution in [2.45, 2.75) is 13.1 Å². The molecule has 0 saturated carbocycles. The van der Waals surface area contributed by atoms with Gasteiger partial charge >= 0.3 is 5.97 Å². The fraction of sp³-hybridized carbons (Fsp3) is 0.125. The second-order valence-corrected chi connectivity index (χ2v) is 4.84. The lowest BCUT2D eigenvalue weighted by molar-refractivity contribution is 0.0679. The molecule has 3 rings (SSSR count). The predicted octanol–water partition coefficient (Wildman–Crippen LogP) is 2.24. The third-order valence-electron chi connectivity index (χ3n) is 3.42. The maximum atomic E-state index is 11.4. The summed E-state index contributed by atoms with van der Waals surface area (Å²) in [6, 6.07) is 15.3. The minimum absolute atomic E-state index is 0.0445. The molecule has 0 atom stereocenters. The zero-order valence-electron chi connectivity index (χ0n) is 11.4.